The van der Waals surface area contributed by atoms with Crippen LogP contribution in [0.1, 0.15) is 91.7 Å². The highest BCUT2D eigenvalue weighted by molar-refractivity contribution is 5.91. The van der Waals surface area contributed by atoms with Gasteiger partial charge in [-0.05, 0) is 111 Å². The Kier molecular flexibility index (Phi) is 18.4. The summed E-state index contributed by atoms with van der Waals surface area (Å²) in [5.41, 5.74) is 3.37. The fourth-order valence-electron chi connectivity index (χ4n) is 9.90. The van der Waals surface area contributed by atoms with E-state index in [9.17, 15) is 24.9 Å². The number of fused-ring (bicyclic) bond motifs is 1. The minimum absolute atomic E-state index is 0.0316. The molecule has 65 heavy (non-hydrogen) atoms. The van der Waals surface area contributed by atoms with Gasteiger partial charge in [0.15, 0.2) is 12.1 Å². The molecule has 0 radical (unpaired) electrons. The molecule has 358 valence electrons. The van der Waals surface area contributed by atoms with E-state index in [1.165, 1.54) is 12.8 Å². The molecule has 3 aromatic rings. The van der Waals surface area contributed by atoms with Crippen molar-refractivity contribution in [2.45, 2.75) is 141 Å². The van der Waals surface area contributed by atoms with Gasteiger partial charge in [0.2, 0.25) is 0 Å². The number of carbonyl (C=O) groups is 2. The monoisotopic (exact) mass is 902 g/mol. The van der Waals surface area contributed by atoms with Gasteiger partial charge in [0.05, 0.1) is 66.2 Å². The van der Waals surface area contributed by atoms with Gasteiger partial charge in [-0.2, -0.15) is 0 Å². The Morgan fingerprint density at radius 3 is 2.43 bits per heavy atom. The van der Waals surface area contributed by atoms with Gasteiger partial charge in [-0.1, -0.05) is 74.8 Å². The summed E-state index contributed by atoms with van der Waals surface area (Å²) in [6, 6.07) is 9.24. The molecule has 0 bridgehead atoms. The molecule has 2 fully saturated rings. The number of pyridine rings is 1. The van der Waals surface area contributed by atoms with Gasteiger partial charge in [-0.3, -0.25) is 14.6 Å². The van der Waals surface area contributed by atoms with Crippen LogP contribution in [0.25, 0.3) is 16.6 Å². The number of likely N-dealkylation sites (tertiary alicyclic amines) is 1. The number of para-hydroxylation sites is 1. The summed E-state index contributed by atoms with van der Waals surface area (Å²) in [4.78, 5) is 38.9. The molecular weight excluding hydrogens is 827 g/mol. The van der Waals surface area contributed by atoms with Gasteiger partial charge < -0.3 is 44.2 Å². The average molecular weight is 902 g/mol. The van der Waals surface area contributed by atoms with Crippen molar-refractivity contribution in [3.05, 3.63) is 72.2 Å². The van der Waals surface area contributed by atoms with Gasteiger partial charge in [-0.25, -0.2) is 4.68 Å². The number of benzene rings is 1. The van der Waals surface area contributed by atoms with Crippen LogP contribution in [-0.2, 0) is 30.3 Å². The Balaban J connectivity index is 1.28. The largest absolute Gasteiger partial charge is 0.462 e. The number of ether oxygens (including phenoxy) is 3. The van der Waals surface area contributed by atoms with Crippen molar-refractivity contribution < 1.29 is 39.1 Å². The highest BCUT2D eigenvalue weighted by Crippen LogP contribution is 2.35. The Bertz CT molecular complexity index is 2050. The number of aromatic nitrogens is 4. The van der Waals surface area contributed by atoms with Crippen LogP contribution in [0.4, 0.5) is 0 Å². The van der Waals surface area contributed by atoms with Crippen LogP contribution >= 0.6 is 0 Å². The highest BCUT2D eigenvalue weighted by Gasteiger charge is 2.47. The summed E-state index contributed by atoms with van der Waals surface area (Å²) >= 11 is 0. The number of nitrogens with zero attached hydrogens (tertiary/aromatic N) is 7. The van der Waals surface area contributed by atoms with Crippen LogP contribution in [0, 0.1) is 23.7 Å². The number of cyclic esters (lactones) is 1. The lowest BCUT2D eigenvalue weighted by Gasteiger charge is -2.46. The maximum absolute atomic E-state index is 14.0. The predicted octanol–water partition coefficient (Wildman–Crippen LogP) is 5.35. The molecule has 3 N–H and O–H groups in total. The first-order valence-corrected chi connectivity index (χ1v) is 23.9. The molecule has 2 aromatic heterocycles. The number of hydrogen-bond donors (Lipinski definition) is 3. The molecule has 5 heterocycles. The standard InChI is InChI=1S/C50H75N7O8/c1-9-44-38(29-56-21-14-10-11-15-22-56)24-32(2)18-19-42(58)33(3)25-37(20-23-55(8)30-39-31-57(53-52-39)40-26-36-16-12-13-17-41(36)51-28-40)49(34(4)43(59)27-45(60)64-44)65-50-48(62)46(54(6)7)47(61)35(5)63-50/h12-13,16-19,24,26,28,31,33-35,37-38,43-44,46-50,59,61-62H,9-11,14-15,20-23,25,27,29-30H2,1-8H3/b19-18+,32-24+/t33-,34+,35-,37+,38-,43-,44-,46+,47-,48-,49-,50+/m1/s1. The first kappa shape index (κ1) is 50.5. The molecule has 0 aliphatic carbocycles. The van der Waals surface area contributed by atoms with E-state index in [-0.39, 0.29) is 24.0 Å². The molecule has 0 amide bonds. The maximum atomic E-state index is 14.0. The van der Waals surface area contributed by atoms with Crippen molar-refractivity contribution in [1.82, 2.24) is 34.7 Å². The molecule has 3 aliphatic heterocycles. The van der Waals surface area contributed by atoms with Crippen molar-refractivity contribution in [3.8, 4) is 5.69 Å². The molecule has 6 rings (SSSR count). The third kappa shape index (κ3) is 13.6. The second-order valence-electron chi connectivity index (χ2n) is 19.3. The Morgan fingerprint density at radius 1 is 0.969 bits per heavy atom. The normalized spacial score (nSPS) is 33.2. The average Bonchev–Trinajstić information content (AvgIpc) is 3.59. The van der Waals surface area contributed by atoms with E-state index in [1.54, 1.807) is 42.9 Å². The smallest absolute Gasteiger partial charge is 0.308 e. The predicted molar refractivity (Wildman–Crippen MR) is 250 cm³/mol. The van der Waals surface area contributed by atoms with Gasteiger partial charge >= 0.3 is 5.97 Å². The molecule has 3 aliphatic rings. The minimum Gasteiger partial charge on any atom is -0.462 e. The van der Waals surface area contributed by atoms with Crippen LogP contribution < -0.4 is 0 Å². The number of likely N-dealkylation sites (N-methyl/N-ethyl adjacent to an activating group) is 1. The van der Waals surface area contributed by atoms with Crippen LogP contribution in [0.2, 0.25) is 0 Å². The van der Waals surface area contributed by atoms with Crippen molar-refractivity contribution in [1.29, 1.82) is 0 Å². The number of hydrogen-bond acceptors (Lipinski definition) is 14. The molecule has 12 atom stereocenters. The molecule has 0 spiro atoms. The number of carbonyl (C=O) groups excluding carboxylic acids is 2. The van der Waals surface area contributed by atoms with E-state index in [4.69, 9.17) is 14.2 Å². The number of allylic oxidation sites excluding steroid dienone is 3. The Morgan fingerprint density at radius 2 is 1.71 bits per heavy atom. The molecule has 0 saturated carbocycles. The maximum Gasteiger partial charge on any atom is 0.308 e. The zero-order chi connectivity index (χ0) is 46.8. The summed E-state index contributed by atoms with van der Waals surface area (Å²) in [5.74, 6) is -2.07. The van der Waals surface area contributed by atoms with Crippen molar-refractivity contribution >= 4 is 22.7 Å². The number of aliphatic hydroxyl groups excluding tert-OH is 3. The molecular formula is C50H75N7O8. The van der Waals surface area contributed by atoms with Gasteiger partial charge in [-0.15, -0.1) is 5.10 Å². The van der Waals surface area contributed by atoms with Gasteiger partial charge in [0, 0.05) is 36.2 Å². The SMILES string of the molecule is CC[C@H]1OC(=O)C[C@@H](O)[C@H](C)[C@@H](O[C@@H]2O[C@H](C)[C@@H](O)[C@H](N(C)C)[C@H]2O)[C@@H](CCN(C)Cc2cn(-c3cnc4ccccc4c3)nn2)C[C@@H](C)C(=O)/C=C/C(C)=C/[C@@H]1CN1CCCCCC1. The first-order chi connectivity index (χ1) is 31.1. The summed E-state index contributed by atoms with van der Waals surface area (Å²) in [6.45, 7) is 13.3. The fourth-order valence-corrected chi connectivity index (χ4v) is 9.90. The topological polar surface area (TPSA) is 176 Å². The number of esters is 1. The van der Waals surface area contributed by atoms with E-state index < -0.39 is 66.8 Å². The highest BCUT2D eigenvalue weighted by atomic mass is 16.7. The fraction of sp³-hybridized carbons (Fsp3) is 0.660. The lowest BCUT2D eigenvalue weighted by atomic mass is 9.79. The molecule has 15 heteroatoms. The van der Waals surface area contributed by atoms with Gasteiger partial charge in [0.1, 0.15) is 12.2 Å². The number of rotatable bonds is 12. The van der Waals surface area contributed by atoms with Crippen molar-refractivity contribution in [2.75, 3.05) is 47.3 Å². The van der Waals surface area contributed by atoms with Crippen molar-refractivity contribution in [2.24, 2.45) is 23.7 Å². The number of ketones is 1. The summed E-state index contributed by atoms with van der Waals surface area (Å²) in [6.07, 6.45) is 8.82. The van der Waals surface area contributed by atoms with E-state index in [0.717, 1.165) is 60.3 Å². The minimum atomic E-state index is -1.24. The summed E-state index contributed by atoms with van der Waals surface area (Å²) in [5, 5.41) is 44.6. The van der Waals surface area contributed by atoms with E-state index in [1.807, 2.05) is 77.3 Å². The second-order valence-corrected chi connectivity index (χ2v) is 19.3. The molecule has 2 saturated heterocycles. The Labute approximate surface area is 385 Å². The zero-order valence-corrected chi connectivity index (χ0v) is 39.9. The number of aliphatic hydroxyl groups is 3. The van der Waals surface area contributed by atoms with Crippen LogP contribution in [0.15, 0.2) is 66.5 Å². The molecule has 15 nitrogen and oxygen atoms in total. The van der Waals surface area contributed by atoms with Crippen LogP contribution in [0.5, 0.6) is 0 Å². The summed E-state index contributed by atoms with van der Waals surface area (Å²) < 4.78 is 21.0. The van der Waals surface area contributed by atoms with Crippen LogP contribution in [0.3, 0.4) is 0 Å². The van der Waals surface area contributed by atoms with E-state index in [2.05, 4.69) is 31.2 Å². The summed E-state index contributed by atoms with van der Waals surface area (Å²) in [7, 11) is 5.56. The molecule has 1 aromatic carbocycles. The lowest BCUT2D eigenvalue weighted by Crippen LogP contribution is -2.63. The lowest BCUT2D eigenvalue weighted by molar-refractivity contribution is -0.304. The third-order valence-electron chi connectivity index (χ3n) is 13.8. The second kappa shape index (κ2) is 23.7. The Hall–Kier alpha value is -3.93. The quantitative estimate of drug-likeness (QED) is 0.199. The van der Waals surface area contributed by atoms with Crippen LogP contribution in [-0.4, -0.2) is 158 Å². The third-order valence-corrected chi connectivity index (χ3v) is 13.8. The van der Waals surface area contributed by atoms with Crippen molar-refractivity contribution in [3.63, 3.8) is 0 Å². The van der Waals surface area contributed by atoms with Gasteiger partial charge in [0.25, 0.3) is 0 Å². The van der Waals surface area contributed by atoms with E-state index >= 15 is 0 Å². The first-order valence-electron chi connectivity index (χ1n) is 23.9. The molecule has 0 unspecified atom stereocenters. The zero-order valence-electron chi connectivity index (χ0n) is 39.9. The van der Waals surface area contributed by atoms with E-state index in [0.29, 0.717) is 32.4 Å².